The highest BCUT2D eigenvalue weighted by molar-refractivity contribution is 5.23. The van der Waals surface area contributed by atoms with Gasteiger partial charge in [-0.1, -0.05) is 24.3 Å². The highest BCUT2D eigenvalue weighted by Gasteiger charge is 2.33. The Morgan fingerprint density at radius 1 is 1.00 bits per heavy atom. The van der Waals surface area contributed by atoms with Gasteiger partial charge >= 0.3 is 0 Å². The summed E-state index contributed by atoms with van der Waals surface area (Å²) in [5, 5.41) is 20.0. The molecule has 1 aliphatic rings. The van der Waals surface area contributed by atoms with E-state index < -0.39 is 6.10 Å². The lowest BCUT2D eigenvalue weighted by molar-refractivity contribution is 0.0225. The lowest BCUT2D eigenvalue weighted by atomic mass is 9.81. The van der Waals surface area contributed by atoms with E-state index in [9.17, 15) is 19.0 Å². The van der Waals surface area contributed by atoms with Crippen molar-refractivity contribution in [3.8, 4) is 0 Å². The van der Waals surface area contributed by atoms with Crippen LogP contribution in [-0.2, 0) is 0 Å². The Morgan fingerprint density at radius 2 is 1.60 bits per heavy atom. The van der Waals surface area contributed by atoms with E-state index in [0.29, 0.717) is 18.5 Å². The third-order valence-corrected chi connectivity index (χ3v) is 5.05. The molecule has 0 radical (unpaired) electrons. The molecule has 0 aromatic heterocycles. The molecule has 0 amide bonds. The zero-order valence-electron chi connectivity index (χ0n) is 14.0. The molecular weight excluding hydrogens is 324 g/mol. The molecule has 0 saturated carbocycles. The largest absolute Gasteiger partial charge is 0.395 e. The number of nitrogens with zero attached hydrogens (tertiary/aromatic N) is 1. The van der Waals surface area contributed by atoms with Crippen LogP contribution in [0.4, 0.5) is 8.78 Å². The third-order valence-electron chi connectivity index (χ3n) is 5.05. The van der Waals surface area contributed by atoms with E-state index in [1.54, 1.807) is 24.3 Å². The zero-order valence-corrected chi connectivity index (χ0v) is 14.0. The number of halogens is 2. The van der Waals surface area contributed by atoms with Crippen molar-refractivity contribution in [2.75, 3.05) is 19.7 Å². The number of benzene rings is 2. The van der Waals surface area contributed by atoms with Gasteiger partial charge in [0.05, 0.1) is 12.7 Å². The summed E-state index contributed by atoms with van der Waals surface area (Å²) >= 11 is 0. The maximum Gasteiger partial charge on any atom is 0.123 e. The Labute approximate surface area is 146 Å². The van der Waals surface area contributed by atoms with E-state index in [1.807, 2.05) is 0 Å². The minimum atomic E-state index is -0.667. The molecule has 3 atom stereocenters. The van der Waals surface area contributed by atoms with Gasteiger partial charge in [0.2, 0.25) is 0 Å². The van der Waals surface area contributed by atoms with Crippen LogP contribution in [0.15, 0.2) is 48.5 Å². The molecule has 1 heterocycles. The van der Waals surface area contributed by atoms with Crippen LogP contribution in [-0.4, -0.2) is 34.8 Å². The SMILES string of the molecule is OCCN1CCC(C(O)c2ccc(F)cc2)CC1c1ccc(F)cc1. The normalized spacial score (nSPS) is 22.7. The lowest BCUT2D eigenvalue weighted by Gasteiger charge is -2.41. The van der Waals surface area contributed by atoms with Gasteiger partial charge in [-0.3, -0.25) is 4.90 Å². The van der Waals surface area contributed by atoms with Gasteiger partial charge in [0.25, 0.3) is 0 Å². The molecule has 1 saturated heterocycles. The zero-order chi connectivity index (χ0) is 17.8. The van der Waals surface area contributed by atoms with Gasteiger partial charge in [0.15, 0.2) is 0 Å². The first-order chi connectivity index (χ1) is 12.1. The number of piperidine rings is 1. The summed E-state index contributed by atoms with van der Waals surface area (Å²) in [5.74, 6) is -0.579. The molecule has 2 N–H and O–H groups in total. The first kappa shape index (κ1) is 18.0. The smallest absolute Gasteiger partial charge is 0.123 e. The van der Waals surface area contributed by atoms with Crippen LogP contribution in [0.1, 0.15) is 36.1 Å². The van der Waals surface area contributed by atoms with Crippen LogP contribution in [0, 0.1) is 17.6 Å². The molecule has 25 heavy (non-hydrogen) atoms. The fraction of sp³-hybridized carbons (Fsp3) is 0.400. The first-order valence-corrected chi connectivity index (χ1v) is 8.62. The third kappa shape index (κ3) is 4.24. The molecule has 134 valence electrons. The molecule has 5 heteroatoms. The molecule has 2 aromatic rings. The Balaban J connectivity index is 1.79. The van der Waals surface area contributed by atoms with E-state index >= 15 is 0 Å². The highest BCUT2D eigenvalue weighted by atomic mass is 19.1. The molecule has 2 aromatic carbocycles. The number of aliphatic hydroxyl groups is 2. The summed E-state index contributed by atoms with van der Waals surface area (Å²) in [6.45, 7) is 1.34. The van der Waals surface area contributed by atoms with Crippen LogP contribution in [0.5, 0.6) is 0 Å². The predicted molar refractivity (Wildman–Crippen MR) is 91.9 cm³/mol. The summed E-state index contributed by atoms with van der Waals surface area (Å²) < 4.78 is 26.3. The van der Waals surface area contributed by atoms with Gasteiger partial charge in [-0.05, 0) is 60.7 Å². The van der Waals surface area contributed by atoms with Crippen LogP contribution < -0.4 is 0 Å². The average molecular weight is 347 g/mol. The second kappa shape index (κ2) is 8.04. The second-order valence-electron chi connectivity index (χ2n) is 6.61. The van der Waals surface area contributed by atoms with Crippen molar-refractivity contribution in [2.45, 2.75) is 25.0 Å². The summed E-state index contributed by atoms with van der Waals surface area (Å²) in [7, 11) is 0. The van der Waals surface area contributed by atoms with Crippen molar-refractivity contribution in [1.29, 1.82) is 0 Å². The van der Waals surface area contributed by atoms with Crippen LogP contribution >= 0.6 is 0 Å². The fourth-order valence-electron chi connectivity index (χ4n) is 3.69. The number of hydrogen-bond acceptors (Lipinski definition) is 3. The molecule has 1 fully saturated rings. The van der Waals surface area contributed by atoms with Crippen molar-refractivity contribution >= 4 is 0 Å². The van der Waals surface area contributed by atoms with E-state index in [1.165, 1.54) is 24.3 Å². The van der Waals surface area contributed by atoms with Crippen LogP contribution in [0.25, 0.3) is 0 Å². The van der Waals surface area contributed by atoms with Gasteiger partial charge in [-0.2, -0.15) is 0 Å². The van der Waals surface area contributed by atoms with Gasteiger partial charge in [-0.15, -0.1) is 0 Å². The summed E-state index contributed by atoms with van der Waals surface area (Å²) in [4.78, 5) is 2.17. The van der Waals surface area contributed by atoms with Gasteiger partial charge in [-0.25, -0.2) is 8.78 Å². The summed E-state index contributed by atoms with van der Waals surface area (Å²) in [6, 6.07) is 12.4. The molecule has 3 nitrogen and oxygen atoms in total. The topological polar surface area (TPSA) is 43.7 Å². The first-order valence-electron chi connectivity index (χ1n) is 8.62. The van der Waals surface area contributed by atoms with Crippen molar-refractivity contribution < 1.29 is 19.0 Å². The maximum atomic E-state index is 13.2. The van der Waals surface area contributed by atoms with Crippen molar-refractivity contribution in [3.63, 3.8) is 0 Å². The standard InChI is InChI=1S/C20H23F2NO2/c21-17-5-1-14(2-6-17)19-13-16(9-10-23(19)11-12-24)20(25)15-3-7-18(22)8-4-15/h1-8,16,19-20,24-25H,9-13H2. The van der Waals surface area contributed by atoms with Crippen LogP contribution in [0.2, 0.25) is 0 Å². The highest BCUT2D eigenvalue weighted by Crippen LogP contribution is 2.39. The van der Waals surface area contributed by atoms with E-state index in [2.05, 4.69) is 4.90 Å². The molecule has 1 aliphatic heterocycles. The van der Waals surface area contributed by atoms with E-state index in [0.717, 1.165) is 18.5 Å². The van der Waals surface area contributed by atoms with Gasteiger partial charge in [0.1, 0.15) is 11.6 Å². The molecule has 3 unspecified atom stereocenters. The Kier molecular flexibility index (Phi) is 5.78. The molecule has 3 rings (SSSR count). The van der Waals surface area contributed by atoms with E-state index in [4.69, 9.17) is 0 Å². The predicted octanol–water partition coefficient (Wildman–Crippen LogP) is 3.44. The molecule has 0 spiro atoms. The van der Waals surface area contributed by atoms with Gasteiger partial charge < -0.3 is 10.2 Å². The summed E-state index contributed by atoms with van der Waals surface area (Å²) in [6.07, 6.45) is 0.820. The average Bonchev–Trinajstić information content (AvgIpc) is 2.63. The Hall–Kier alpha value is -1.82. The van der Waals surface area contributed by atoms with Crippen LogP contribution in [0.3, 0.4) is 0 Å². The second-order valence-corrected chi connectivity index (χ2v) is 6.61. The Bertz CT molecular complexity index is 675. The maximum absolute atomic E-state index is 13.2. The van der Waals surface area contributed by atoms with Gasteiger partial charge in [0, 0.05) is 12.6 Å². The number of β-amino-alcohol motifs (C(OH)–C–C–N with tert-alkyl or cyclic N) is 1. The molecule has 0 bridgehead atoms. The quantitative estimate of drug-likeness (QED) is 0.871. The number of likely N-dealkylation sites (tertiary alicyclic amines) is 1. The number of hydrogen-bond donors (Lipinski definition) is 2. The minimum absolute atomic E-state index is 0.0154. The van der Waals surface area contributed by atoms with Crippen molar-refractivity contribution in [2.24, 2.45) is 5.92 Å². The van der Waals surface area contributed by atoms with Crippen molar-refractivity contribution in [1.82, 2.24) is 4.90 Å². The van der Waals surface area contributed by atoms with Crippen molar-refractivity contribution in [3.05, 3.63) is 71.3 Å². The minimum Gasteiger partial charge on any atom is -0.395 e. The lowest BCUT2D eigenvalue weighted by Crippen LogP contribution is -2.40. The number of aliphatic hydroxyl groups excluding tert-OH is 2. The summed E-state index contributed by atoms with van der Waals surface area (Å²) in [5.41, 5.74) is 1.69. The Morgan fingerprint density at radius 3 is 2.20 bits per heavy atom. The molecule has 0 aliphatic carbocycles. The molecular formula is C20H23F2NO2. The fourth-order valence-corrected chi connectivity index (χ4v) is 3.69. The van der Waals surface area contributed by atoms with E-state index in [-0.39, 0.29) is 30.2 Å². The monoisotopic (exact) mass is 347 g/mol. The number of rotatable bonds is 5.